The number of esters is 1. The van der Waals surface area contributed by atoms with Crippen LogP contribution in [-0.2, 0) is 9.53 Å². The SMILES string of the molecule is CCOC(=O)COc1ccc2c(c1C)O/C(=C\c1ccccc1OCC)C2=O. The molecule has 0 amide bonds. The Morgan fingerprint density at radius 3 is 2.57 bits per heavy atom. The van der Waals surface area contributed by atoms with Crippen molar-refractivity contribution in [3.8, 4) is 17.2 Å². The van der Waals surface area contributed by atoms with Crippen LogP contribution in [-0.4, -0.2) is 31.6 Å². The van der Waals surface area contributed by atoms with Crippen molar-refractivity contribution in [1.82, 2.24) is 0 Å². The number of ketones is 1. The Morgan fingerprint density at radius 2 is 1.82 bits per heavy atom. The molecule has 0 unspecified atom stereocenters. The van der Waals surface area contributed by atoms with E-state index in [9.17, 15) is 9.59 Å². The van der Waals surface area contributed by atoms with Gasteiger partial charge in [0.15, 0.2) is 12.4 Å². The van der Waals surface area contributed by atoms with Gasteiger partial charge in [-0.25, -0.2) is 4.79 Å². The van der Waals surface area contributed by atoms with E-state index in [1.165, 1.54) is 0 Å². The quantitative estimate of drug-likeness (QED) is 0.533. The molecule has 0 aromatic heterocycles. The van der Waals surface area contributed by atoms with Crippen LogP contribution in [0.1, 0.15) is 35.3 Å². The predicted octanol–water partition coefficient (Wildman–Crippen LogP) is 3.95. The normalized spacial score (nSPS) is 13.8. The van der Waals surface area contributed by atoms with Gasteiger partial charge < -0.3 is 18.9 Å². The van der Waals surface area contributed by atoms with Gasteiger partial charge in [-0.1, -0.05) is 18.2 Å². The highest BCUT2D eigenvalue weighted by molar-refractivity contribution is 6.15. The lowest BCUT2D eigenvalue weighted by molar-refractivity contribution is -0.145. The van der Waals surface area contributed by atoms with E-state index in [-0.39, 0.29) is 18.1 Å². The maximum atomic E-state index is 12.7. The summed E-state index contributed by atoms with van der Waals surface area (Å²) in [5, 5.41) is 0. The van der Waals surface area contributed by atoms with E-state index in [1.807, 2.05) is 31.2 Å². The molecule has 3 rings (SSSR count). The summed E-state index contributed by atoms with van der Waals surface area (Å²) in [6.07, 6.45) is 1.67. The Bertz CT molecular complexity index is 929. The molecule has 2 aromatic rings. The second-order valence-electron chi connectivity index (χ2n) is 6.07. The van der Waals surface area contributed by atoms with Crippen molar-refractivity contribution >= 4 is 17.8 Å². The molecule has 0 atom stereocenters. The van der Waals surface area contributed by atoms with Crippen LogP contribution in [0.5, 0.6) is 17.2 Å². The number of Topliss-reactive ketones (excluding diaryl/α,β-unsaturated/α-hetero) is 1. The van der Waals surface area contributed by atoms with Crippen molar-refractivity contribution in [1.29, 1.82) is 0 Å². The molecule has 1 heterocycles. The largest absolute Gasteiger partial charge is 0.493 e. The number of carbonyl (C=O) groups excluding carboxylic acids is 2. The van der Waals surface area contributed by atoms with Crippen molar-refractivity contribution in [3.63, 3.8) is 0 Å². The van der Waals surface area contributed by atoms with Crippen LogP contribution in [0.2, 0.25) is 0 Å². The summed E-state index contributed by atoms with van der Waals surface area (Å²) in [6.45, 7) is 6.03. The third-order valence-electron chi connectivity index (χ3n) is 4.19. The Morgan fingerprint density at radius 1 is 1.04 bits per heavy atom. The number of para-hydroxylation sites is 1. The molecule has 1 aliphatic rings. The van der Waals surface area contributed by atoms with Gasteiger partial charge in [0, 0.05) is 11.1 Å². The standard InChI is InChI=1S/C22H22O6/c1-4-25-18-9-7-6-8-15(18)12-19-21(24)16-10-11-17(14(3)22(16)28-19)27-13-20(23)26-5-2/h6-12H,4-5,13H2,1-3H3/b19-12-. The molecule has 0 aliphatic carbocycles. The molecule has 0 saturated heterocycles. The lowest BCUT2D eigenvalue weighted by Crippen LogP contribution is -2.15. The fraction of sp³-hybridized carbons (Fsp3) is 0.273. The molecule has 0 radical (unpaired) electrons. The fourth-order valence-corrected chi connectivity index (χ4v) is 2.89. The number of fused-ring (bicyclic) bond motifs is 1. The van der Waals surface area contributed by atoms with E-state index in [1.54, 1.807) is 32.1 Å². The first-order chi connectivity index (χ1) is 13.5. The maximum absolute atomic E-state index is 12.7. The van der Waals surface area contributed by atoms with Crippen molar-refractivity contribution < 1.29 is 28.5 Å². The summed E-state index contributed by atoms with van der Waals surface area (Å²) < 4.78 is 21.8. The molecular formula is C22H22O6. The minimum Gasteiger partial charge on any atom is -0.493 e. The van der Waals surface area contributed by atoms with E-state index in [2.05, 4.69) is 0 Å². The average Bonchev–Trinajstić information content (AvgIpc) is 3.00. The Labute approximate surface area is 163 Å². The summed E-state index contributed by atoms with van der Waals surface area (Å²) in [5.74, 6) is 1.14. The Hall–Kier alpha value is -3.28. The summed E-state index contributed by atoms with van der Waals surface area (Å²) in [5.41, 5.74) is 1.87. The second kappa shape index (κ2) is 8.61. The van der Waals surface area contributed by atoms with E-state index in [0.717, 1.165) is 5.56 Å². The zero-order valence-electron chi connectivity index (χ0n) is 16.1. The molecule has 28 heavy (non-hydrogen) atoms. The molecular weight excluding hydrogens is 360 g/mol. The summed E-state index contributed by atoms with van der Waals surface area (Å²) >= 11 is 0. The topological polar surface area (TPSA) is 71.1 Å². The summed E-state index contributed by atoms with van der Waals surface area (Å²) in [7, 11) is 0. The van der Waals surface area contributed by atoms with Crippen molar-refractivity contribution in [3.05, 3.63) is 58.8 Å². The van der Waals surface area contributed by atoms with Gasteiger partial charge in [0.2, 0.25) is 5.78 Å². The van der Waals surface area contributed by atoms with Crippen LogP contribution < -0.4 is 14.2 Å². The molecule has 0 saturated carbocycles. The van der Waals surface area contributed by atoms with Gasteiger partial charge in [0.25, 0.3) is 0 Å². The predicted molar refractivity (Wildman–Crippen MR) is 104 cm³/mol. The molecule has 1 aliphatic heterocycles. The molecule has 146 valence electrons. The average molecular weight is 382 g/mol. The first-order valence-corrected chi connectivity index (χ1v) is 9.13. The van der Waals surface area contributed by atoms with Crippen molar-refractivity contribution in [2.45, 2.75) is 20.8 Å². The van der Waals surface area contributed by atoms with Gasteiger partial charge in [-0.2, -0.15) is 0 Å². The lowest BCUT2D eigenvalue weighted by Gasteiger charge is -2.11. The highest BCUT2D eigenvalue weighted by Gasteiger charge is 2.30. The van der Waals surface area contributed by atoms with Gasteiger partial charge in [-0.3, -0.25) is 4.79 Å². The number of allylic oxidation sites excluding steroid dienone is 1. The van der Waals surface area contributed by atoms with Gasteiger partial charge in [0.1, 0.15) is 17.2 Å². The number of hydrogen-bond donors (Lipinski definition) is 0. The third kappa shape index (κ3) is 4.01. The lowest BCUT2D eigenvalue weighted by atomic mass is 10.1. The molecule has 0 bridgehead atoms. The summed E-state index contributed by atoms with van der Waals surface area (Å²) in [4.78, 5) is 24.2. The van der Waals surface area contributed by atoms with Crippen molar-refractivity contribution in [2.75, 3.05) is 19.8 Å². The first kappa shape index (κ1) is 19.5. The highest BCUT2D eigenvalue weighted by atomic mass is 16.6. The van der Waals surface area contributed by atoms with Gasteiger partial charge in [0.05, 0.1) is 18.8 Å². The number of ether oxygens (including phenoxy) is 4. The zero-order valence-corrected chi connectivity index (χ0v) is 16.1. The van der Waals surface area contributed by atoms with Crippen LogP contribution >= 0.6 is 0 Å². The summed E-state index contributed by atoms with van der Waals surface area (Å²) in [6, 6.07) is 10.7. The van der Waals surface area contributed by atoms with Gasteiger partial charge >= 0.3 is 5.97 Å². The van der Waals surface area contributed by atoms with Crippen molar-refractivity contribution in [2.24, 2.45) is 0 Å². The van der Waals surface area contributed by atoms with Crippen LogP contribution in [0.3, 0.4) is 0 Å². The van der Waals surface area contributed by atoms with E-state index in [0.29, 0.717) is 41.6 Å². The number of benzene rings is 2. The third-order valence-corrected chi connectivity index (χ3v) is 4.19. The minimum atomic E-state index is -0.451. The molecule has 2 aromatic carbocycles. The number of carbonyl (C=O) groups is 2. The van der Waals surface area contributed by atoms with Crippen LogP contribution in [0.4, 0.5) is 0 Å². The smallest absolute Gasteiger partial charge is 0.344 e. The Kier molecular flexibility index (Phi) is 5.99. The number of rotatable bonds is 7. The molecule has 6 nitrogen and oxygen atoms in total. The first-order valence-electron chi connectivity index (χ1n) is 9.13. The maximum Gasteiger partial charge on any atom is 0.344 e. The van der Waals surface area contributed by atoms with Gasteiger partial charge in [-0.15, -0.1) is 0 Å². The molecule has 0 spiro atoms. The monoisotopic (exact) mass is 382 g/mol. The van der Waals surface area contributed by atoms with Crippen LogP contribution in [0, 0.1) is 6.92 Å². The Balaban J connectivity index is 1.85. The van der Waals surface area contributed by atoms with Crippen LogP contribution in [0.25, 0.3) is 6.08 Å². The fourth-order valence-electron chi connectivity index (χ4n) is 2.89. The van der Waals surface area contributed by atoms with E-state index >= 15 is 0 Å². The van der Waals surface area contributed by atoms with E-state index < -0.39 is 5.97 Å². The molecule has 6 heteroatoms. The number of hydrogen-bond acceptors (Lipinski definition) is 6. The minimum absolute atomic E-state index is 0.203. The van der Waals surface area contributed by atoms with Crippen LogP contribution in [0.15, 0.2) is 42.2 Å². The zero-order chi connectivity index (χ0) is 20.1. The molecule has 0 fully saturated rings. The van der Waals surface area contributed by atoms with E-state index in [4.69, 9.17) is 18.9 Å². The van der Waals surface area contributed by atoms with Gasteiger partial charge in [-0.05, 0) is 45.0 Å². The highest BCUT2D eigenvalue weighted by Crippen LogP contribution is 2.39. The molecule has 0 N–H and O–H groups in total. The second-order valence-corrected chi connectivity index (χ2v) is 6.07.